The molecule has 25 heavy (non-hydrogen) atoms. The van der Waals surface area contributed by atoms with Crippen LogP contribution in [0.15, 0.2) is 0 Å². The summed E-state index contributed by atoms with van der Waals surface area (Å²) in [6.45, 7) is 13.3. The van der Waals surface area contributed by atoms with Gasteiger partial charge in [-0.2, -0.15) is 0 Å². The summed E-state index contributed by atoms with van der Waals surface area (Å²) in [4.78, 5) is 13.5. The summed E-state index contributed by atoms with van der Waals surface area (Å²) in [7, 11) is 0. The van der Waals surface area contributed by atoms with Crippen LogP contribution in [0.1, 0.15) is 92.9 Å². The molecule has 2 unspecified atom stereocenters. The molecule has 0 aromatic rings. The fraction of sp³-hybridized carbons (Fsp3) is 0.957. The lowest BCUT2D eigenvalue weighted by Gasteiger charge is -2.60. The second-order valence-electron chi connectivity index (χ2n) is 10.3. The zero-order valence-electron chi connectivity index (χ0n) is 17.4. The first-order valence-electron chi connectivity index (χ1n) is 11.0. The van der Waals surface area contributed by atoms with E-state index < -0.39 is 0 Å². The van der Waals surface area contributed by atoms with Crippen molar-refractivity contribution in [2.75, 3.05) is 0 Å². The fourth-order valence-electron chi connectivity index (χ4n) is 6.87. The van der Waals surface area contributed by atoms with E-state index >= 15 is 0 Å². The average Bonchev–Trinajstić information content (AvgIpc) is 2.55. The third-order valence-electron chi connectivity index (χ3n) is 8.35. The summed E-state index contributed by atoms with van der Waals surface area (Å²) in [6.07, 6.45) is 9.63. The Morgan fingerprint density at radius 1 is 1.04 bits per heavy atom. The van der Waals surface area contributed by atoms with E-state index in [9.17, 15) is 4.79 Å². The zero-order valence-corrected chi connectivity index (χ0v) is 17.4. The van der Waals surface area contributed by atoms with Gasteiger partial charge in [0.25, 0.3) is 0 Å². The second-order valence-corrected chi connectivity index (χ2v) is 10.3. The van der Waals surface area contributed by atoms with Crippen LogP contribution >= 0.6 is 0 Å². The zero-order chi connectivity index (χ0) is 18.4. The quantitative estimate of drug-likeness (QED) is 0.509. The number of esters is 1. The molecule has 0 heterocycles. The molecule has 4 rings (SSSR count). The summed E-state index contributed by atoms with van der Waals surface area (Å²) >= 11 is 0. The van der Waals surface area contributed by atoms with Gasteiger partial charge in [0.05, 0.1) is 5.41 Å². The van der Waals surface area contributed by atoms with Crippen molar-refractivity contribution in [3.8, 4) is 0 Å². The Bertz CT molecular complexity index is 466. The van der Waals surface area contributed by atoms with Crippen molar-refractivity contribution in [1.82, 2.24) is 0 Å². The summed E-state index contributed by atoms with van der Waals surface area (Å²) in [5, 5.41) is 0. The van der Waals surface area contributed by atoms with Gasteiger partial charge in [0, 0.05) is 0 Å². The largest absolute Gasteiger partial charge is 0.458 e. The molecule has 0 aromatic carbocycles. The van der Waals surface area contributed by atoms with Crippen LogP contribution in [0.25, 0.3) is 0 Å². The lowest BCUT2D eigenvalue weighted by Crippen LogP contribution is -2.60. The molecule has 2 atom stereocenters. The molecule has 4 aliphatic carbocycles. The fourth-order valence-corrected chi connectivity index (χ4v) is 6.87. The molecule has 0 radical (unpaired) electrons. The number of carbonyl (C=O) groups excluding carboxylic acids is 1. The number of hydrogen-bond acceptors (Lipinski definition) is 2. The average molecular weight is 349 g/mol. The lowest BCUT2D eigenvalue weighted by molar-refractivity contribution is -0.221. The number of carbonyl (C=O) groups is 1. The van der Waals surface area contributed by atoms with Crippen LogP contribution in [-0.2, 0) is 9.53 Å². The highest BCUT2D eigenvalue weighted by molar-refractivity contribution is 5.77. The Balaban J connectivity index is 1.84. The monoisotopic (exact) mass is 348 g/mol. The first kappa shape index (κ1) is 19.2. The Kier molecular flexibility index (Phi) is 5.30. The van der Waals surface area contributed by atoms with Gasteiger partial charge in [0.15, 0.2) is 0 Å². The van der Waals surface area contributed by atoms with Crippen LogP contribution in [0.2, 0.25) is 0 Å². The third-order valence-corrected chi connectivity index (χ3v) is 8.35. The predicted molar refractivity (Wildman–Crippen MR) is 103 cm³/mol. The molecule has 4 bridgehead atoms. The van der Waals surface area contributed by atoms with Crippen molar-refractivity contribution in [3.63, 3.8) is 0 Å². The molecular weight excluding hydrogens is 308 g/mol. The lowest BCUT2D eigenvalue weighted by atomic mass is 9.49. The van der Waals surface area contributed by atoms with Gasteiger partial charge in [0.2, 0.25) is 0 Å². The van der Waals surface area contributed by atoms with Crippen LogP contribution in [0.4, 0.5) is 0 Å². The summed E-state index contributed by atoms with van der Waals surface area (Å²) in [5.74, 6) is 4.06. The summed E-state index contributed by atoms with van der Waals surface area (Å²) in [6, 6.07) is 0. The van der Waals surface area contributed by atoms with Gasteiger partial charge in [0.1, 0.15) is 5.60 Å². The van der Waals surface area contributed by atoms with Crippen molar-refractivity contribution in [1.29, 1.82) is 0 Å². The van der Waals surface area contributed by atoms with Crippen LogP contribution < -0.4 is 0 Å². The van der Waals surface area contributed by atoms with Gasteiger partial charge in [-0.15, -0.1) is 0 Å². The third kappa shape index (κ3) is 3.16. The van der Waals surface area contributed by atoms with E-state index in [2.05, 4.69) is 41.5 Å². The molecule has 0 amide bonds. The molecule has 2 heteroatoms. The van der Waals surface area contributed by atoms with E-state index in [1.807, 2.05) is 0 Å². The Hall–Kier alpha value is -0.530. The number of ether oxygens (including phenoxy) is 1. The molecule has 144 valence electrons. The first-order valence-corrected chi connectivity index (χ1v) is 11.0. The van der Waals surface area contributed by atoms with Gasteiger partial charge in [-0.05, 0) is 87.4 Å². The highest BCUT2D eigenvalue weighted by Crippen LogP contribution is 2.61. The van der Waals surface area contributed by atoms with E-state index in [0.717, 1.165) is 31.1 Å². The molecule has 4 saturated carbocycles. The normalized spacial score (nSPS) is 40.1. The van der Waals surface area contributed by atoms with Crippen molar-refractivity contribution in [2.24, 2.45) is 40.9 Å². The Morgan fingerprint density at radius 3 is 1.96 bits per heavy atom. The minimum absolute atomic E-state index is 0.102. The van der Waals surface area contributed by atoms with Gasteiger partial charge in [-0.3, -0.25) is 4.79 Å². The molecular formula is C23H40O2. The first-order chi connectivity index (χ1) is 11.7. The van der Waals surface area contributed by atoms with Gasteiger partial charge in [-0.25, -0.2) is 0 Å². The van der Waals surface area contributed by atoms with E-state index in [0.29, 0.717) is 23.7 Å². The van der Waals surface area contributed by atoms with Crippen LogP contribution in [0.5, 0.6) is 0 Å². The van der Waals surface area contributed by atoms with Gasteiger partial charge < -0.3 is 4.74 Å². The smallest absolute Gasteiger partial charge is 0.312 e. The maximum atomic E-state index is 13.5. The summed E-state index contributed by atoms with van der Waals surface area (Å²) in [5.41, 5.74) is -0.504. The Labute approximate surface area is 155 Å². The molecule has 4 aliphatic rings. The van der Waals surface area contributed by atoms with Gasteiger partial charge in [-0.1, -0.05) is 41.0 Å². The molecule has 0 aliphatic heterocycles. The predicted octanol–water partition coefficient (Wildman–Crippen LogP) is 6.23. The molecule has 0 saturated heterocycles. The minimum Gasteiger partial charge on any atom is -0.458 e. The van der Waals surface area contributed by atoms with E-state index in [4.69, 9.17) is 4.74 Å². The molecule has 0 spiro atoms. The maximum absolute atomic E-state index is 13.5. The molecule has 0 aromatic heterocycles. The Morgan fingerprint density at radius 2 is 1.56 bits per heavy atom. The van der Waals surface area contributed by atoms with E-state index in [-0.39, 0.29) is 17.0 Å². The minimum atomic E-state index is -0.347. The second kappa shape index (κ2) is 6.89. The topological polar surface area (TPSA) is 26.3 Å². The van der Waals surface area contributed by atoms with E-state index in [1.165, 1.54) is 32.1 Å². The van der Waals surface area contributed by atoms with Crippen molar-refractivity contribution in [2.45, 2.75) is 98.5 Å². The van der Waals surface area contributed by atoms with Crippen LogP contribution in [0.3, 0.4) is 0 Å². The number of rotatable bonds is 7. The van der Waals surface area contributed by atoms with Crippen LogP contribution in [-0.4, -0.2) is 11.6 Å². The SMILES string of the molecule is CCC(C)C(C)(CC(C)C)C(=O)OC1(CC)C2CC3CC(C2)CC1C3. The highest BCUT2D eigenvalue weighted by atomic mass is 16.6. The van der Waals surface area contributed by atoms with Crippen molar-refractivity contribution in [3.05, 3.63) is 0 Å². The van der Waals surface area contributed by atoms with Crippen molar-refractivity contribution < 1.29 is 9.53 Å². The molecule has 0 N–H and O–H groups in total. The van der Waals surface area contributed by atoms with Crippen LogP contribution in [0, 0.1) is 40.9 Å². The van der Waals surface area contributed by atoms with Gasteiger partial charge >= 0.3 is 5.97 Å². The number of hydrogen-bond donors (Lipinski definition) is 0. The molecule has 2 nitrogen and oxygen atoms in total. The van der Waals surface area contributed by atoms with E-state index in [1.54, 1.807) is 0 Å². The standard InChI is InChI=1S/C23H40O2/c1-7-16(5)22(6,14-15(3)4)21(24)25-23(8-2)19-10-17-9-18(12-19)13-20(23)11-17/h15-20H,7-14H2,1-6H3. The highest BCUT2D eigenvalue weighted by Gasteiger charge is 2.59. The molecule has 4 fully saturated rings. The summed E-state index contributed by atoms with van der Waals surface area (Å²) < 4.78 is 6.61. The maximum Gasteiger partial charge on any atom is 0.312 e. The van der Waals surface area contributed by atoms with Crippen molar-refractivity contribution >= 4 is 5.97 Å².